The molecule has 0 saturated heterocycles. The van der Waals surface area contributed by atoms with Crippen LogP contribution in [0.15, 0.2) is 34.9 Å². The molecule has 0 radical (unpaired) electrons. The molecule has 2 aromatic rings. The zero-order chi connectivity index (χ0) is 15.6. The van der Waals surface area contributed by atoms with Crippen LogP contribution in [-0.2, 0) is 19.0 Å². The molecule has 1 aromatic heterocycles. The monoisotopic (exact) mass is 349 g/mol. The molecule has 1 aromatic carbocycles. The van der Waals surface area contributed by atoms with E-state index in [0.29, 0.717) is 6.04 Å². The van der Waals surface area contributed by atoms with Gasteiger partial charge in [-0.1, -0.05) is 48.8 Å². The highest BCUT2D eigenvalue weighted by Gasteiger charge is 2.21. The average Bonchev–Trinajstić information content (AvgIpc) is 2.78. The minimum Gasteiger partial charge on any atom is -0.306 e. The third kappa shape index (κ3) is 4.17. The molecule has 0 spiro atoms. The van der Waals surface area contributed by atoms with Gasteiger partial charge in [-0.05, 0) is 24.6 Å². The van der Waals surface area contributed by atoms with Gasteiger partial charge >= 0.3 is 0 Å². The average molecular weight is 350 g/mol. The molecular formula is C17H24BrN3. The Morgan fingerprint density at radius 1 is 1.24 bits per heavy atom. The molecule has 4 heteroatoms. The van der Waals surface area contributed by atoms with Crippen LogP contribution in [0, 0.1) is 0 Å². The van der Waals surface area contributed by atoms with E-state index in [4.69, 9.17) is 0 Å². The van der Waals surface area contributed by atoms with Crippen LogP contribution in [0.2, 0.25) is 0 Å². The number of rotatable bonds is 4. The van der Waals surface area contributed by atoms with Gasteiger partial charge in [-0.25, -0.2) is 0 Å². The van der Waals surface area contributed by atoms with Crippen LogP contribution in [0.25, 0.3) is 0 Å². The molecule has 2 rings (SSSR count). The predicted octanol–water partition coefficient (Wildman–Crippen LogP) is 4.33. The first kappa shape index (κ1) is 16.2. The Kier molecular flexibility index (Phi) is 4.89. The molecule has 21 heavy (non-hydrogen) atoms. The fourth-order valence-corrected chi connectivity index (χ4v) is 2.70. The summed E-state index contributed by atoms with van der Waals surface area (Å²) in [4.78, 5) is 0. The highest BCUT2D eigenvalue weighted by Crippen LogP contribution is 2.25. The first-order valence-corrected chi connectivity index (χ1v) is 8.08. The van der Waals surface area contributed by atoms with Gasteiger partial charge in [0.25, 0.3) is 0 Å². The molecule has 1 heterocycles. The summed E-state index contributed by atoms with van der Waals surface area (Å²) in [6.07, 6.45) is 2.11. The zero-order valence-corrected chi connectivity index (χ0v) is 15.0. The van der Waals surface area contributed by atoms with Crippen molar-refractivity contribution in [2.75, 3.05) is 0 Å². The lowest BCUT2D eigenvalue weighted by molar-refractivity contribution is 0.531. The molecule has 0 bridgehead atoms. The standard InChI is InChI=1S/C17H24BrN3/c1-12(13-6-8-15(18)9-7-13)19-10-14-11-21(5)20-16(14)17(2,3)4/h6-9,11-12,19H,10H2,1-5H3. The van der Waals surface area contributed by atoms with Crippen LogP contribution in [0.4, 0.5) is 0 Å². The topological polar surface area (TPSA) is 29.9 Å². The number of hydrogen-bond donors (Lipinski definition) is 1. The summed E-state index contributed by atoms with van der Waals surface area (Å²) in [6.45, 7) is 9.64. The summed E-state index contributed by atoms with van der Waals surface area (Å²) in [6, 6.07) is 8.77. The molecule has 0 amide bonds. The molecule has 0 aliphatic carbocycles. The Morgan fingerprint density at radius 3 is 2.43 bits per heavy atom. The van der Waals surface area contributed by atoms with Crippen LogP contribution in [-0.4, -0.2) is 9.78 Å². The second-order valence-electron chi connectivity index (χ2n) is 6.58. The van der Waals surface area contributed by atoms with E-state index in [2.05, 4.69) is 84.5 Å². The minimum atomic E-state index is 0.0686. The van der Waals surface area contributed by atoms with E-state index in [1.165, 1.54) is 16.8 Å². The van der Waals surface area contributed by atoms with E-state index in [1.54, 1.807) is 0 Å². The maximum atomic E-state index is 4.61. The highest BCUT2D eigenvalue weighted by molar-refractivity contribution is 9.10. The lowest BCUT2D eigenvalue weighted by Gasteiger charge is -2.19. The van der Waals surface area contributed by atoms with E-state index in [0.717, 1.165) is 11.0 Å². The van der Waals surface area contributed by atoms with Crippen LogP contribution in [0.5, 0.6) is 0 Å². The molecule has 0 aliphatic rings. The van der Waals surface area contributed by atoms with Crippen molar-refractivity contribution in [3.8, 4) is 0 Å². The van der Waals surface area contributed by atoms with Crippen molar-refractivity contribution >= 4 is 15.9 Å². The predicted molar refractivity (Wildman–Crippen MR) is 91.3 cm³/mol. The number of halogens is 1. The van der Waals surface area contributed by atoms with Crippen molar-refractivity contribution in [2.24, 2.45) is 7.05 Å². The van der Waals surface area contributed by atoms with Crippen molar-refractivity contribution in [3.05, 3.63) is 51.8 Å². The van der Waals surface area contributed by atoms with Crippen LogP contribution < -0.4 is 5.32 Å². The molecule has 0 saturated carbocycles. The Morgan fingerprint density at radius 2 is 1.86 bits per heavy atom. The Labute approximate surface area is 135 Å². The lowest BCUT2D eigenvalue weighted by Crippen LogP contribution is -2.21. The smallest absolute Gasteiger partial charge is 0.0722 e. The summed E-state index contributed by atoms with van der Waals surface area (Å²) in [7, 11) is 1.98. The van der Waals surface area contributed by atoms with Gasteiger partial charge in [0.2, 0.25) is 0 Å². The summed E-state index contributed by atoms with van der Waals surface area (Å²) in [5.74, 6) is 0. The third-order valence-corrected chi connectivity index (χ3v) is 4.11. The Hall–Kier alpha value is -1.13. The summed E-state index contributed by atoms with van der Waals surface area (Å²) >= 11 is 3.47. The first-order valence-electron chi connectivity index (χ1n) is 7.29. The molecular weight excluding hydrogens is 326 g/mol. The minimum absolute atomic E-state index is 0.0686. The van der Waals surface area contributed by atoms with Gasteiger partial charge in [-0.15, -0.1) is 0 Å². The van der Waals surface area contributed by atoms with E-state index < -0.39 is 0 Å². The van der Waals surface area contributed by atoms with Gasteiger partial charge in [0.15, 0.2) is 0 Å². The molecule has 0 aliphatic heterocycles. The van der Waals surface area contributed by atoms with Gasteiger partial charge in [0.1, 0.15) is 0 Å². The fourth-order valence-electron chi connectivity index (χ4n) is 2.43. The first-order chi connectivity index (χ1) is 9.77. The van der Waals surface area contributed by atoms with Gasteiger partial charge in [-0.3, -0.25) is 4.68 Å². The van der Waals surface area contributed by atoms with Crippen LogP contribution in [0.3, 0.4) is 0 Å². The maximum Gasteiger partial charge on any atom is 0.0722 e. The number of nitrogens with zero attached hydrogens (tertiary/aromatic N) is 2. The van der Waals surface area contributed by atoms with Crippen molar-refractivity contribution in [1.82, 2.24) is 15.1 Å². The van der Waals surface area contributed by atoms with Gasteiger partial charge in [0, 0.05) is 41.3 Å². The number of hydrogen-bond acceptors (Lipinski definition) is 2. The normalized spacial score (nSPS) is 13.4. The molecule has 3 nitrogen and oxygen atoms in total. The van der Waals surface area contributed by atoms with Crippen molar-refractivity contribution < 1.29 is 0 Å². The van der Waals surface area contributed by atoms with Crippen molar-refractivity contribution in [1.29, 1.82) is 0 Å². The SMILES string of the molecule is CC(NCc1cn(C)nc1C(C)(C)C)c1ccc(Br)cc1. The molecule has 0 fully saturated rings. The van der Waals surface area contributed by atoms with Crippen LogP contribution in [0.1, 0.15) is 50.6 Å². The summed E-state index contributed by atoms with van der Waals surface area (Å²) < 4.78 is 3.02. The van der Waals surface area contributed by atoms with Gasteiger partial charge in [-0.2, -0.15) is 5.10 Å². The Bertz CT molecular complexity index is 593. The van der Waals surface area contributed by atoms with Crippen molar-refractivity contribution in [3.63, 3.8) is 0 Å². The number of aryl methyl sites for hydroxylation is 1. The van der Waals surface area contributed by atoms with Gasteiger partial charge < -0.3 is 5.32 Å². The quantitative estimate of drug-likeness (QED) is 0.889. The lowest BCUT2D eigenvalue weighted by atomic mass is 9.89. The highest BCUT2D eigenvalue weighted by atomic mass is 79.9. The molecule has 1 N–H and O–H groups in total. The number of aromatic nitrogens is 2. The van der Waals surface area contributed by atoms with Gasteiger partial charge in [0.05, 0.1) is 5.69 Å². The summed E-state index contributed by atoms with van der Waals surface area (Å²) in [5, 5.41) is 8.21. The Balaban J connectivity index is 2.08. The molecule has 114 valence electrons. The second-order valence-corrected chi connectivity index (χ2v) is 7.50. The molecule has 1 atom stereocenters. The largest absolute Gasteiger partial charge is 0.306 e. The second kappa shape index (κ2) is 6.32. The van der Waals surface area contributed by atoms with E-state index >= 15 is 0 Å². The molecule has 1 unspecified atom stereocenters. The number of benzene rings is 1. The summed E-state index contributed by atoms with van der Waals surface area (Å²) in [5.41, 5.74) is 3.80. The van der Waals surface area contributed by atoms with E-state index in [9.17, 15) is 0 Å². The third-order valence-electron chi connectivity index (χ3n) is 3.58. The fraction of sp³-hybridized carbons (Fsp3) is 0.471. The van der Waals surface area contributed by atoms with Crippen LogP contribution >= 0.6 is 15.9 Å². The number of nitrogens with one attached hydrogen (secondary N) is 1. The maximum absolute atomic E-state index is 4.61. The van der Waals surface area contributed by atoms with E-state index in [-0.39, 0.29) is 5.41 Å². The van der Waals surface area contributed by atoms with E-state index in [1.807, 2.05) is 11.7 Å². The zero-order valence-electron chi connectivity index (χ0n) is 13.4. The van der Waals surface area contributed by atoms with Crippen molar-refractivity contribution in [2.45, 2.75) is 45.7 Å².